The van der Waals surface area contributed by atoms with Crippen LogP contribution in [0.2, 0.25) is 0 Å². The first-order chi connectivity index (χ1) is 15.9. The molecule has 0 bridgehead atoms. The third kappa shape index (κ3) is 4.38. The Balaban J connectivity index is 1.42. The Kier molecular flexibility index (Phi) is 5.67. The van der Waals surface area contributed by atoms with Crippen LogP contribution in [0.4, 0.5) is 11.4 Å². The first-order valence-electron chi connectivity index (χ1n) is 11.6. The number of thiophene rings is 1. The second-order valence-corrected chi connectivity index (χ2v) is 10.9. The van der Waals surface area contributed by atoms with Gasteiger partial charge in [0.15, 0.2) is 0 Å². The fraction of sp³-hybridized carbons (Fsp3) is 0.233. The molecule has 0 saturated heterocycles. The van der Waals surface area contributed by atoms with E-state index in [2.05, 4.69) is 80.3 Å². The minimum Gasteiger partial charge on any atom is -0.341 e. The summed E-state index contributed by atoms with van der Waals surface area (Å²) in [6.07, 6.45) is 3.17. The van der Waals surface area contributed by atoms with Crippen molar-refractivity contribution < 1.29 is 4.79 Å². The topological polar surface area (TPSA) is 20.3 Å². The molecule has 1 aromatic heterocycles. The van der Waals surface area contributed by atoms with Crippen molar-refractivity contribution in [1.82, 2.24) is 0 Å². The molecule has 5 rings (SSSR count). The molecular weight excluding hydrogens is 422 g/mol. The second kappa shape index (κ2) is 8.64. The largest absolute Gasteiger partial charge is 0.341 e. The van der Waals surface area contributed by atoms with Crippen molar-refractivity contribution in [2.24, 2.45) is 0 Å². The van der Waals surface area contributed by atoms with Gasteiger partial charge in [-0.25, -0.2) is 0 Å². The van der Waals surface area contributed by atoms with Gasteiger partial charge in [-0.3, -0.25) is 4.79 Å². The summed E-state index contributed by atoms with van der Waals surface area (Å²) in [7, 11) is 0. The van der Waals surface area contributed by atoms with E-state index >= 15 is 0 Å². The summed E-state index contributed by atoms with van der Waals surface area (Å²) < 4.78 is 0. The lowest BCUT2D eigenvalue weighted by Gasteiger charge is -2.32. The Morgan fingerprint density at radius 1 is 0.818 bits per heavy atom. The van der Waals surface area contributed by atoms with E-state index in [9.17, 15) is 4.79 Å². The van der Waals surface area contributed by atoms with Crippen molar-refractivity contribution in [3.63, 3.8) is 0 Å². The molecule has 0 fully saturated rings. The highest BCUT2D eigenvalue weighted by Gasteiger charge is 2.20. The molecule has 0 spiro atoms. The van der Waals surface area contributed by atoms with Gasteiger partial charge in [0.2, 0.25) is 0 Å². The van der Waals surface area contributed by atoms with Crippen molar-refractivity contribution in [1.29, 1.82) is 0 Å². The molecule has 0 amide bonds. The van der Waals surface area contributed by atoms with Crippen LogP contribution < -0.4 is 4.90 Å². The molecule has 1 aliphatic heterocycles. The van der Waals surface area contributed by atoms with Crippen LogP contribution >= 0.6 is 11.3 Å². The first-order valence-corrected chi connectivity index (χ1v) is 12.4. The lowest BCUT2D eigenvalue weighted by Crippen LogP contribution is -2.24. The molecule has 0 radical (unpaired) electrons. The SMILES string of the molecule is CC(C)(C)c1ccc(N2CCCc3cc(-c4ccc(-c5ccc(C=O)cc5)s4)ccc32)cc1. The van der Waals surface area contributed by atoms with Gasteiger partial charge in [-0.2, -0.15) is 0 Å². The van der Waals surface area contributed by atoms with Crippen molar-refractivity contribution in [2.45, 2.75) is 39.0 Å². The Hall–Kier alpha value is -3.17. The van der Waals surface area contributed by atoms with Crippen molar-refractivity contribution in [3.05, 3.63) is 95.6 Å². The van der Waals surface area contributed by atoms with Gasteiger partial charge in [-0.05, 0) is 76.9 Å². The Morgan fingerprint density at radius 3 is 2.15 bits per heavy atom. The number of aldehydes is 1. The number of rotatable bonds is 4. The molecule has 166 valence electrons. The molecule has 0 saturated carbocycles. The maximum Gasteiger partial charge on any atom is 0.150 e. The van der Waals surface area contributed by atoms with Gasteiger partial charge in [0.1, 0.15) is 6.29 Å². The minimum atomic E-state index is 0.170. The number of hydrogen-bond donors (Lipinski definition) is 0. The van der Waals surface area contributed by atoms with E-state index in [-0.39, 0.29) is 5.41 Å². The number of fused-ring (bicyclic) bond motifs is 1. The average Bonchev–Trinajstić information content (AvgIpc) is 3.33. The maximum absolute atomic E-state index is 10.9. The van der Waals surface area contributed by atoms with E-state index < -0.39 is 0 Å². The lowest BCUT2D eigenvalue weighted by molar-refractivity contribution is 0.112. The third-order valence-corrected chi connectivity index (χ3v) is 7.65. The van der Waals surface area contributed by atoms with Crippen LogP contribution in [-0.2, 0) is 11.8 Å². The fourth-order valence-corrected chi connectivity index (χ4v) is 5.54. The Labute approximate surface area is 200 Å². The first kappa shape index (κ1) is 21.7. The van der Waals surface area contributed by atoms with Gasteiger partial charge in [0.05, 0.1) is 0 Å². The van der Waals surface area contributed by atoms with E-state index in [1.807, 2.05) is 24.3 Å². The smallest absolute Gasteiger partial charge is 0.150 e. The maximum atomic E-state index is 10.9. The van der Waals surface area contributed by atoms with Crippen LogP contribution in [0.1, 0.15) is 48.7 Å². The summed E-state index contributed by atoms with van der Waals surface area (Å²) in [5, 5.41) is 0. The number of anilines is 2. The normalized spacial score (nSPS) is 13.6. The molecule has 0 aliphatic carbocycles. The summed E-state index contributed by atoms with van der Waals surface area (Å²) in [4.78, 5) is 15.9. The van der Waals surface area contributed by atoms with E-state index in [0.717, 1.165) is 31.2 Å². The van der Waals surface area contributed by atoms with E-state index in [1.165, 1.54) is 37.8 Å². The van der Waals surface area contributed by atoms with Gasteiger partial charge in [0.25, 0.3) is 0 Å². The van der Waals surface area contributed by atoms with Crippen LogP contribution in [-0.4, -0.2) is 12.8 Å². The molecule has 1 aliphatic rings. The highest BCUT2D eigenvalue weighted by atomic mass is 32.1. The Morgan fingerprint density at radius 2 is 1.48 bits per heavy atom. The predicted molar refractivity (Wildman–Crippen MR) is 141 cm³/mol. The van der Waals surface area contributed by atoms with E-state index in [0.29, 0.717) is 5.56 Å². The standard InChI is InChI=1S/C30H29NOS/c1-30(2,3)25-11-13-26(14-12-25)31-18-4-5-23-19-24(10-15-27(23)31)29-17-16-28(33-29)22-8-6-21(20-32)7-9-22/h6-17,19-20H,4-5,18H2,1-3H3. The summed E-state index contributed by atoms with van der Waals surface area (Å²) in [6.45, 7) is 7.84. The van der Waals surface area contributed by atoms with Crippen molar-refractivity contribution >= 4 is 29.0 Å². The molecule has 0 atom stereocenters. The number of nitrogens with zero attached hydrogens (tertiary/aromatic N) is 1. The third-order valence-electron chi connectivity index (χ3n) is 6.46. The molecular formula is C30H29NOS. The van der Waals surface area contributed by atoms with Crippen LogP contribution in [0.5, 0.6) is 0 Å². The summed E-state index contributed by atoms with van der Waals surface area (Å²) in [6, 6.07) is 28.2. The average molecular weight is 452 g/mol. The summed E-state index contributed by atoms with van der Waals surface area (Å²) in [5.74, 6) is 0. The zero-order valence-electron chi connectivity index (χ0n) is 19.5. The molecule has 3 heteroatoms. The Bertz CT molecular complexity index is 1280. The van der Waals surface area contributed by atoms with Gasteiger partial charge in [-0.15, -0.1) is 11.3 Å². The number of carbonyl (C=O) groups is 1. The van der Waals surface area contributed by atoms with Crippen LogP contribution in [0.25, 0.3) is 20.9 Å². The number of carbonyl (C=O) groups excluding carboxylic acids is 1. The summed E-state index contributed by atoms with van der Waals surface area (Å²) >= 11 is 1.80. The highest BCUT2D eigenvalue weighted by Crippen LogP contribution is 2.39. The van der Waals surface area contributed by atoms with Gasteiger partial charge in [0, 0.05) is 33.2 Å². The zero-order valence-corrected chi connectivity index (χ0v) is 20.3. The minimum absolute atomic E-state index is 0.170. The van der Waals surface area contributed by atoms with Crippen molar-refractivity contribution in [3.8, 4) is 20.9 Å². The molecule has 3 aromatic carbocycles. The molecule has 2 heterocycles. The van der Waals surface area contributed by atoms with Crippen LogP contribution in [0.3, 0.4) is 0 Å². The van der Waals surface area contributed by atoms with Crippen molar-refractivity contribution in [2.75, 3.05) is 11.4 Å². The number of hydrogen-bond acceptors (Lipinski definition) is 3. The van der Waals surface area contributed by atoms with Gasteiger partial charge in [-0.1, -0.05) is 63.2 Å². The molecule has 33 heavy (non-hydrogen) atoms. The van der Waals surface area contributed by atoms with Gasteiger partial charge >= 0.3 is 0 Å². The second-order valence-electron chi connectivity index (χ2n) is 9.80. The monoisotopic (exact) mass is 451 g/mol. The number of benzene rings is 3. The molecule has 4 aromatic rings. The predicted octanol–water partition coefficient (Wildman–Crippen LogP) is 8.28. The van der Waals surface area contributed by atoms with Crippen LogP contribution in [0.15, 0.2) is 78.9 Å². The lowest BCUT2D eigenvalue weighted by atomic mass is 9.87. The fourth-order valence-electron chi connectivity index (χ4n) is 4.53. The van der Waals surface area contributed by atoms with E-state index in [1.54, 1.807) is 11.3 Å². The quantitative estimate of drug-likeness (QED) is 0.291. The summed E-state index contributed by atoms with van der Waals surface area (Å²) in [5.41, 5.74) is 8.70. The zero-order chi connectivity index (χ0) is 23.0. The molecule has 0 unspecified atom stereocenters. The van der Waals surface area contributed by atoms with Gasteiger partial charge < -0.3 is 4.90 Å². The molecule has 2 nitrogen and oxygen atoms in total. The van der Waals surface area contributed by atoms with E-state index in [4.69, 9.17) is 0 Å². The van der Waals surface area contributed by atoms with Crippen LogP contribution in [0, 0.1) is 0 Å². The highest BCUT2D eigenvalue weighted by molar-refractivity contribution is 7.18. The number of aryl methyl sites for hydroxylation is 1. The molecule has 0 N–H and O–H groups in total.